The summed E-state index contributed by atoms with van der Waals surface area (Å²) in [6.45, 7) is 0.908. The molecule has 0 radical (unpaired) electrons. The van der Waals surface area contributed by atoms with Gasteiger partial charge in [0.1, 0.15) is 0 Å². The minimum absolute atomic E-state index is 0.00482. The predicted octanol–water partition coefficient (Wildman–Crippen LogP) is 2.06. The van der Waals surface area contributed by atoms with Crippen LogP contribution in [0, 0.1) is 17.8 Å². The summed E-state index contributed by atoms with van der Waals surface area (Å²) in [5.74, 6) is 1.17. The van der Waals surface area contributed by atoms with Crippen molar-refractivity contribution in [1.29, 1.82) is 0 Å². The van der Waals surface area contributed by atoms with Gasteiger partial charge in [-0.1, -0.05) is 12.1 Å². The Bertz CT molecular complexity index is 509. The Morgan fingerprint density at radius 3 is 2.48 bits per heavy atom. The highest BCUT2D eigenvalue weighted by molar-refractivity contribution is 5.93. The molecule has 1 aromatic rings. The highest BCUT2D eigenvalue weighted by atomic mass is 16.2. The van der Waals surface area contributed by atoms with E-state index >= 15 is 0 Å². The molecule has 21 heavy (non-hydrogen) atoms. The molecule has 2 fully saturated rings. The molecule has 4 nitrogen and oxygen atoms in total. The Kier molecular flexibility index (Phi) is 4.00. The van der Waals surface area contributed by atoms with Crippen LogP contribution in [0.25, 0.3) is 0 Å². The molecule has 2 saturated carbocycles. The van der Waals surface area contributed by atoms with Gasteiger partial charge in [-0.05, 0) is 62.9 Å². The number of anilines is 1. The Morgan fingerprint density at radius 1 is 1.24 bits per heavy atom. The molecule has 0 aromatic heterocycles. The van der Waals surface area contributed by atoms with E-state index in [1.54, 1.807) is 0 Å². The number of amides is 1. The van der Waals surface area contributed by atoms with E-state index in [1.165, 1.54) is 12.0 Å². The highest BCUT2D eigenvalue weighted by Gasteiger charge is 2.49. The first-order valence-electron chi connectivity index (χ1n) is 7.84. The number of benzene rings is 1. The summed E-state index contributed by atoms with van der Waals surface area (Å²) in [5.41, 5.74) is 8.35. The molecule has 114 valence electrons. The molecule has 0 spiro atoms. The lowest BCUT2D eigenvalue weighted by molar-refractivity contribution is -0.121. The summed E-state index contributed by atoms with van der Waals surface area (Å²) in [4.78, 5) is 14.6. The van der Waals surface area contributed by atoms with Crippen molar-refractivity contribution < 1.29 is 4.79 Å². The molecular formula is C17H25N3O. The number of hydrogen-bond acceptors (Lipinski definition) is 3. The third kappa shape index (κ3) is 2.97. The van der Waals surface area contributed by atoms with Gasteiger partial charge in [-0.2, -0.15) is 0 Å². The quantitative estimate of drug-likeness (QED) is 0.891. The Hall–Kier alpha value is -1.39. The topological polar surface area (TPSA) is 58.4 Å². The van der Waals surface area contributed by atoms with Gasteiger partial charge in [0.05, 0.1) is 5.92 Å². The third-order valence-corrected chi connectivity index (χ3v) is 5.00. The maximum Gasteiger partial charge on any atom is 0.229 e. The maximum absolute atomic E-state index is 12.5. The van der Waals surface area contributed by atoms with Gasteiger partial charge >= 0.3 is 0 Å². The summed E-state index contributed by atoms with van der Waals surface area (Å²) < 4.78 is 0. The monoisotopic (exact) mass is 287 g/mol. The van der Waals surface area contributed by atoms with Crippen molar-refractivity contribution in [3.63, 3.8) is 0 Å². The molecule has 0 aliphatic heterocycles. The first kappa shape index (κ1) is 14.5. The van der Waals surface area contributed by atoms with Gasteiger partial charge in [-0.3, -0.25) is 4.79 Å². The van der Waals surface area contributed by atoms with Crippen molar-refractivity contribution >= 4 is 11.6 Å². The number of carbonyl (C=O) groups excluding carboxylic acids is 1. The van der Waals surface area contributed by atoms with Gasteiger partial charge in [0.25, 0.3) is 0 Å². The predicted molar refractivity (Wildman–Crippen MR) is 84.8 cm³/mol. The standard InChI is InChI=1S/C17H25N3O/c1-20(2)10-11-3-7-14(8-4-11)19-17(21)15-12-5-6-13(9-12)16(15)18/h3-4,7-8,12-13,15-16H,5-6,9-10,18H2,1-2H3,(H,19,21). The second-order valence-electron chi connectivity index (χ2n) is 6.86. The van der Waals surface area contributed by atoms with E-state index < -0.39 is 0 Å². The molecule has 4 atom stereocenters. The van der Waals surface area contributed by atoms with Gasteiger partial charge < -0.3 is 16.0 Å². The van der Waals surface area contributed by atoms with E-state index in [9.17, 15) is 4.79 Å². The van der Waals surface area contributed by atoms with Crippen LogP contribution in [-0.2, 0) is 11.3 Å². The van der Waals surface area contributed by atoms with E-state index in [2.05, 4.69) is 22.3 Å². The van der Waals surface area contributed by atoms with Crippen molar-refractivity contribution in [3.05, 3.63) is 29.8 Å². The summed E-state index contributed by atoms with van der Waals surface area (Å²) in [7, 11) is 4.10. The average Bonchev–Trinajstić information content (AvgIpc) is 3.01. The molecule has 0 saturated heterocycles. The van der Waals surface area contributed by atoms with Gasteiger partial charge in [0.2, 0.25) is 5.91 Å². The van der Waals surface area contributed by atoms with Crippen LogP contribution in [-0.4, -0.2) is 30.9 Å². The number of hydrogen-bond donors (Lipinski definition) is 2. The first-order valence-corrected chi connectivity index (χ1v) is 7.84. The number of fused-ring (bicyclic) bond motifs is 2. The van der Waals surface area contributed by atoms with Crippen LogP contribution < -0.4 is 11.1 Å². The van der Waals surface area contributed by atoms with Crippen LogP contribution in [0.5, 0.6) is 0 Å². The molecule has 4 unspecified atom stereocenters. The van der Waals surface area contributed by atoms with Gasteiger partial charge in [0.15, 0.2) is 0 Å². The maximum atomic E-state index is 12.5. The number of carbonyl (C=O) groups is 1. The van der Waals surface area contributed by atoms with Crippen molar-refractivity contribution in [2.24, 2.45) is 23.5 Å². The van der Waals surface area contributed by atoms with Gasteiger partial charge in [-0.25, -0.2) is 0 Å². The van der Waals surface area contributed by atoms with E-state index in [0.29, 0.717) is 11.8 Å². The van der Waals surface area contributed by atoms with Gasteiger partial charge in [-0.15, -0.1) is 0 Å². The fraction of sp³-hybridized carbons (Fsp3) is 0.588. The van der Waals surface area contributed by atoms with Crippen molar-refractivity contribution in [3.8, 4) is 0 Å². The summed E-state index contributed by atoms with van der Waals surface area (Å²) in [6.07, 6.45) is 3.51. The molecule has 1 amide bonds. The zero-order chi connectivity index (χ0) is 15.0. The average molecular weight is 287 g/mol. The van der Waals surface area contributed by atoms with E-state index in [-0.39, 0.29) is 17.9 Å². The largest absolute Gasteiger partial charge is 0.327 e. The summed E-state index contributed by atoms with van der Waals surface area (Å²) in [5, 5.41) is 3.05. The van der Waals surface area contributed by atoms with Crippen molar-refractivity contribution in [2.45, 2.75) is 31.8 Å². The first-order chi connectivity index (χ1) is 10.0. The van der Waals surface area contributed by atoms with Crippen LogP contribution in [0.15, 0.2) is 24.3 Å². The van der Waals surface area contributed by atoms with Crippen LogP contribution in [0.4, 0.5) is 5.69 Å². The van der Waals surface area contributed by atoms with Crippen LogP contribution >= 0.6 is 0 Å². The molecule has 2 aliphatic rings. The van der Waals surface area contributed by atoms with Crippen LogP contribution in [0.2, 0.25) is 0 Å². The fourth-order valence-electron chi connectivity index (χ4n) is 4.01. The van der Waals surface area contributed by atoms with Crippen LogP contribution in [0.1, 0.15) is 24.8 Å². The second-order valence-corrected chi connectivity index (χ2v) is 6.86. The lowest BCUT2D eigenvalue weighted by Gasteiger charge is -2.27. The lowest BCUT2D eigenvalue weighted by Crippen LogP contribution is -2.42. The molecule has 2 bridgehead atoms. The normalized spacial score (nSPS) is 30.9. The van der Waals surface area contributed by atoms with Crippen molar-refractivity contribution in [2.75, 3.05) is 19.4 Å². The van der Waals surface area contributed by atoms with E-state index in [1.807, 2.05) is 26.2 Å². The summed E-state index contributed by atoms with van der Waals surface area (Å²) in [6, 6.07) is 8.15. The van der Waals surface area contributed by atoms with Crippen LogP contribution in [0.3, 0.4) is 0 Å². The molecule has 4 heteroatoms. The minimum Gasteiger partial charge on any atom is -0.327 e. The Balaban J connectivity index is 1.62. The highest BCUT2D eigenvalue weighted by Crippen LogP contribution is 2.47. The SMILES string of the molecule is CN(C)Cc1ccc(NC(=O)C2C3CCC(C3)C2N)cc1. The minimum atomic E-state index is 0.00482. The third-order valence-electron chi connectivity index (χ3n) is 5.00. The molecule has 3 rings (SSSR count). The molecule has 2 aliphatic carbocycles. The summed E-state index contributed by atoms with van der Waals surface area (Å²) >= 11 is 0. The molecule has 3 N–H and O–H groups in total. The zero-order valence-corrected chi connectivity index (χ0v) is 12.9. The van der Waals surface area contributed by atoms with E-state index in [4.69, 9.17) is 5.73 Å². The Morgan fingerprint density at radius 2 is 1.90 bits per heavy atom. The van der Waals surface area contributed by atoms with E-state index in [0.717, 1.165) is 25.1 Å². The second kappa shape index (κ2) is 5.78. The molecular weight excluding hydrogens is 262 g/mol. The molecule has 1 aromatic carbocycles. The fourth-order valence-corrected chi connectivity index (χ4v) is 4.01. The number of rotatable bonds is 4. The Labute approximate surface area is 126 Å². The number of nitrogens with one attached hydrogen (secondary N) is 1. The number of nitrogens with zero attached hydrogens (tertiary/aromatic N) is 1. The lowest BCUT2D eigenvalue weighted by atomic mass is 9.84. The number of nitrogens with two attached hydrogens (primary N) is 1. The smallest absolute Gasteiger partial charge is 0.229 e. The zero-order valence-electron chi connectivity index (χ0n) is 12.9. The van der Waals surface area contributed by atoms with Gasteiger partial charge in [0, 0.05) is 18.3 Å². The van der Waals surface area contributed by atoms with Crippen molar-refractivity contribution in [1.82, 2.24) is 4.90 Å². The molecule has 0 heterocycles.